The Labute approximate surface area is 105 Å². The summed E-state index contributed by atoms with van der Waals surface area (Å²) in [5.74, 6) is 2.30. The SMILES string of the molecule is CCCSS/C=C/CSc1ccccc1. The summed E-state index contributed by atoms with van der Waals surface area (Å²) < 4.78 is 0. The summed E-state index contributed by atoms with van der Waals surface area (Å²) in [6.45, 7) is 2.21. The molecule has 1 aromatic carbocycles. The summed E-state index contributed by atoms with van der Waals surface area (Å²) in [7, 11) is 3.76. The number of hydrogen-bond donors (Lipinski definition) is 0. The molecule has 0 aliphatic heterocycles. The molecular formula is C12H16S3. The van der Waals surface area contributed by atoms with Crippen molar-refractivity contribution >= 4 is 33.3 Å². The highest BCUT2D eigenvalue weighted by atomic mass is 33.1. The first-order valence-electron chi connectivity index (χ1n) is 5.04. The molecule has 0 atom stereocenters. The Hall–Kier alpha value is 0.01000. The van der Waals surface area contributed by atoms with Gasteiger partial charge < -0.3 is 0 Å². The van der Waals surface area contributed by atoms with Gasteiger partial charge in [0.2, 0.25) is 0 Å². The summed E-state index contributed by atoms with van der Waals surface area (Å²) in [5.41, 5.74) is 0. The quantitative estimate of drug-likeness (QED) is 0.379. The van der Waals surface area contributed by atoms with E-state index in [4.69, 9.17) is 0 Å². The van der Waals surface area contributed by atoms with Crippen molar-refractivity contribution in [3.05, 3.63) is 41.8 Å². The van der Waals surface area contributed by atoms with Gasteiger partial charge >= 0.3 is 0 Å². The number of rotatable bonds is 7. The van der Waals surface area contributed by atoms with Crippen molar-refractivity contribution < 1.29 is 0 Å². The molecular weight excluding hydrogens is 240 g/mol. The van der Waals surface area contributed by atoms with Crippen LogP contribution in [0.25, 0.3) is 0 Å². The summed E-state index contributed by atoms with van der Waals surface area (Å²) in [4.78, 5) is 1.34. The minimum Gasteiger partial charge on any atom is -0.122 e. The van der Waals surface area contributed by atoms with Gasteiger partial charge in [-0.1, -0.05) is 52.8 Å². The van der Waals surface area contributed by atoms with Crippen molar-refractivity contribution in [3.8, 4) is 0 Å². The Kier molecular flexibility index (Phi) is 8.07. The van der Waals surface area contributed by atoms with Gasteiger partial charge in [-0.05, 0) is 24.0 Å². The third-order valence-electron chi connectivity index (χ3n) is 1.60. The van der Waals surface area contributed by atoms with Crippen LogP contribution in [0.1, 0.15) is 13.3 Å². The van der Waals surface area contributed by atoms with E-state index < -0.39 is 0 Å². The van der Waals surface area contributed by atoms with Crippen LogP contribution in [0.15, 0.2) is 46.7 Å². The van der Waals surface area contributed by atoms with Crippen molar-refractivity contribution in [1.82, 2.24) is 0 Å². The number of benzene rings is 1. The van der Waals surface area contributed by atoms with Gasteiger partial charge in [-0.2, -0.15) is 0 Å². The van der Waals surface area contributed by atoms with Crippen LogP contribution >= 0.6 is 33.3 Å². The molecule has 3 heteroatoms. The Morgan fingerprint density at radius 3 is 2.73 bits per heavy atom. The van der Waals surface area contributed by atoms with Gasteiger partial charge in [0, 0.05) is 16.4 Å². The first-order chi connectivity index (χ1) is 7.43. The van der Waals surface area contributed by atoms with Gasteiger partial charge in [0.15, 0.2) is 0 Å². The second-order valence-corrected chi connectivity index (χ2v) is 6.40. The minimum atomic E-state index is 1.06. The Morgan fingerprint density at radius 1 is 1.20 bits per heavy atom. The maximum Gasteiger partial charge on any atom is 0.0169 e. The van der Waals surface area contributed by atoms with Gasteiger partial charge in [-0.15, -0.1) is 11.8 Å². The molecule has 0 N–H and O–H groups in total. The second kappa shape index (κ2) is 9.25. The molecule has 15 heavy (non-hydrogen) atoms. The Balaban J connectivity index is 2.06. The first kappa shape index (κ1) is 13.1. The summed E-state index contributed by atoms with van der Waals surface area (Å²) in [6, 6.07) is 10.5. The molecule has 0 saturated heterocycles. The van der Waals surface area contributed by atoms with Crippen molar-refractivity contribution in [3.63, 3.8) is 0 Å². The van der Waals surface area contributed by atoms with Crippen molar-refractivity contribution in [2.75, 3.05) is 11.5 Å². The van der Waals surface area contributed by atoms with E-state index in [1.54, 1.807) is 0 Å². The predicted molar refractivity (Wildman–Crippen MR) is 76.6 cm³/mol. The first-order valence-corrected chi connectivity index (χ1v) is 8.41. The van der Waals surface area contributed by atoms with Crippen molar-refractivity contribution in [2.45, 2.75) is 18.2 Å². The largest absolute Gasteiger partial charge is 0.122 e. The molecule has 0 radical (unpaired) electrons. The van der Waals surface area contributed by atoms with E-state index in [9.17, 15) is 0 Å². The number of hydrogen-bond acceptors (Lipinski definition) is 3. The average molecular weight is 256 g/mol. The lowest BCUT2D eigenvalue weighted by molar-refractivity contribution is 1.11. The van der Waals surface area contributed by atoms with Gasteiger partial charge in [0.25, 0.3) is 0 Å². The molecule has 1 rings (SSSR count). The van der Waals surface area contributed by atoms with Gasteiger partial charge in [0.05, 0.1) is 0 Å². The predicted octanol–water partition coefficient (Wildman–Crippen LogP) is 5.08. The molecule has 0 aromatic heterocycles. The maximum absolute atomic E-state index is 2.23. The molecule has 0 heterocycles. The highest BCUT2D eigenvalue weighted by Crippen LogP contribution is 2.24. The zero-order valence-electron chi connectivity index (χ0n) is 8.89. The van der Waals surface area contributed by atoms with Gasteiger partial charge in [-0.25, -0.2) is 0 Å². The molecule has 0 unspecified atom stereocenters. The van der Waals surface area contributed by atoms with E-state index in [2.05, 4.69) is 48.7 Å². The van der Waals surface area contributed by atoms with Crippen molar-refractivity contribution in [2.24, 2.45) is 0 Å². The lowest BCUT2D eigenvalue weighted by Gasteiger charge is -1.96. The lowest BCUT2D eigenvalue weighted by atomic mass is 10.4. The van der Waals surface area contributed by atoms with E-state index in [0.717, 1.165) is 5.75 Å². The fourth-order valence-electron chi connectivity index (χ4n) is 0.910. The molecule has 1 aromatic rings. The van der Waals surface area contributed by atoms with E-state index in [1.165, 1.54) is 17.1 Å². The zero-order chi connectivity index (χ0) is 10.8. The fraction of sp³-hybridized carbons (Fsp3) is 0.333. The van der Waals surface area contributed by atoms with Crippen LogP contribution in [0.2, 0.25) is 0 Å². The second-order valence-electron chi connectivity index (χ2n) is 2.91. The van der Waals surface area contributed by atoms with Gasteiger partial charge in [0.1, 0.15) is 0 Å². The standard InChI is InChI=1S/C12H16S3/c1-2-9-14-15-11-6-10-13-12-7-4-3-5-8-12/h3-8,11H,2,9-10H2,1H3/b11-6+. The van der Waals surface area contributed by atoms with Gasteiger partial charge in [-0.3, -0.25) is 0 Å². The molecule has 82 valence electrons. The topological polar surface area (TPSA) is 0 Å². The molecule has 0 spiro atoms. The van der Waals surface area contributed by atoms with Crippen LogP contribution in [0.5, 0.6) is 0 Å². The average Bonchev–Trinajstić information content (AvgIpc) is 2.29. The molecule has 0 aliphatic carbocycles. The zero-order valence-corrected chi connectivity index (χ0v) is 11.3. The highest BCUT2D eigenvalue weighted by molar-refractivity contribution is 8.77. The Morgan fingerprint density at radius 2 is 2.00 bits per heavy atom. The van der Waals surface area contributed by atoms with Crippen LogP contribution < -0.4 is 0 Å². The normalized spacial score (nSPS) is 11.0. The van der Waals surface area contributed by atoms with Crippen LogP contribution in [0.3, 0.4) is 0 Å². The lowest BCUT2D eigenvalue weighted by Crippen LogP contribution is -1.71. The van der Waals surface area contributed by atoms with Crippen LogP contribution in [0.4, 0.5) is 0 Å². The third-order valence-corrected chi connectivity index (χ3v) is 4.82. The van der Waals surface area contributed by atoms with Crippen LogP contribution in [-0.2, 0) is 0 Å². The van der Waals surface area contributed by atoms with Crippen molar-refractivity contribution in [1.29, 1.82) is 0 Å². The summed E-state index contributed by atoms with van der Waals surface area (Å²) in [6.07, 6.45) is 3.48. The number of thioether (sulfide) groups is 1. The third kappa shape index (κ3) is 6.98. The monoisotopic (exact) mass is 256 g/mol. The fourth-order valence-corrected chi connectivity index (χ4v) is 3.54. The van der Waals surface area contributed by atoms with E-state index in [-0.39, 0.29) is 0 Å². The summed E-state index contributed by atoms with van der Waals surface area (Å²) in [5, 5.41) is 2.19. The summed E-state index contributed by atoms with van der Waals surface area (Å²) >= 11 is 1.87. The van der Waals surface area contributed by atoms with E-state index in [0.29, 0.717) is 0 Å². The Bertz CT molecular complexity index is 269. The van der Waals surface area contributed by atoms with E-state index >= 15 is 0 Å². The van der Waals surface area contributed by atoms with Crippen LogP contribution in [0, 0.1) is 0 Å². The highest BCUT2D eigenvalue weighted by Gasteiger charge is 1.88. The molecule has 0 saturated carbocycles. The smallest absolute Gasteiger partial charge is 0.0169 e. The molecule has 0 nitrogen and oxygen atoms in total. The molecule has 0 fully saturated rings. The minimum absolute atomic E-state index is 1.06. The molecule has 0 amide bonds. The molecule has 0 aliphatic rings. The van der Waals surface area contributed by atoms with Crippen LogP contribution in [-0.4, -0.2) is 11.5 Å². The molecule has 0 bridgehead atoms. The maximum atomic E-state index is 2.23. The van der Waals surface area contributed by atoms with E-state index in [1.807, 2.05) is 33.3 Å².